The fourth-order valence-electron chi connectivity index (χ4n) is 1.18. The summed E-state index contributed by atoms with van der Waals surface area (Å²) in [5.74, 6) is 0.0219. The molecule has 80 valence electrons. The topological polar surface area (TPSA) is 39.2 Å². The number of carbonyl (C=O) groups is 1. The number of nitrogens with zero attached hydrogens (tertiary/aromatic N) is 1. The lowest BCUT2D eigenvalue weighted by atomic mass is 10.3. The molecule has 0 fully saturated rings. The van der Waals surface area contributed by atoms with Crippen molar-refractivity contribution in [1.82, 2.24) is 4.98 Å². The smallest absolute Gasteiger partial charge is 0.345 e. The molecule has 2 rings (SSSR count). The molecule has 0 aliphatic carbocycles. The molecular weight excluding hydrogens is 226 g/mol. The normalized spacial score (nSPS) is 9.81. The van der Waals surface area contributed by atoms with Gasteiger partial charge in [0, 0.05) is 12.4 Å². The summed E-state index contributed by atoms with van der Waals surface area (Å²) in [5.41, 5.74) is 0.330. The number of hydrogen-bond donors (Lipinski definition) is 0. The predicted octanol–water partition coefficient (Wildman–Crippen LogP) is 2.95. The summed E-state index contributed by atoms with van der Waals surface area (Å²) >= 11 is 5.72. The SMILES string of the molecule is O=C(Oc1ccccc1)c1cncc(Cl)c1. The third-order valence-electron chi connectivity index (χ3n) is 1.89. The summed E-state index contributed by atoms with van der Waals surface area (Å²) in [6.45, 7) is 0. The Morgan fingerprint density at radius 2 is 1.94 bits per heavy atom. The molecule has 1 heterocycles. The third kappa shape index (κ3) is 2.58. The molecule has 1 aromatic heterocycles. The van der Waals surface area contributed by atoms with Crippen molar-refractivity contribution in [1.29, 1.82) is 0 Å². The first-order valence-corrected chi connectivity index (χ1v) is 5.01. The Kier molecular flexibility index (Phi) is 3.17. The number of para-hydroxylation sites is 1. The van der Waals surface area contributed by atoms with Crippen LogP contribution in [0.5, 0.6) is 5.75 Å². The molecule has 0 unspecified atom stereocenters. The van der Waals surface area contributed by atoms with Gasteiger partial charge in [-0.25, -0.2) is 4.79 Å². The molecule has 0 saturated carbocycles. The van der Waals surface area contributed by atoms with Gasteiger partial charge in [0.2, 0.25) is 0 Å². The number of halogens is 1. The van der Waals surface area contributed by atoms with Crippen molar-refractivity contribution in [3.05, 3.63) is 59.4 Å². The van der Waals surface area contributed by atoms with Crippen LogP contribution in [-0.4, -0.2) is 11.0 Å². The average molecular weight is 234 g/mol. The number of ether oxygens (including phenoxy) is 1. The van der Waals surface area contributed by atoms with E-state index < -0.39 is 5.97 Å². The Morgan fingerprint density at radius 1 is 1.19 bits per heavy atom. The lowest BCUT2D eigenvalue weighted by molar-refractivity contribution is 0.0734. The molecule has 0 aliphatic rings. The van der Waals surface area contributed by atoms with Gasteiger partial charge < -0.3 is 4.74 Å². The lowest BCUT2D eigenvalue weighted by Crippen LogP contribution is -2.08. The molecule has 0 amide bonds. The van der Waals surface area contributed by atoms with Crippen LogP contribution >= 0.6 is 11.6 Å². The van der Waals surface area contributed by atoms with Gasteiger partial charge in [0.05, 0.1) is 10.6 Å². The molecule has 2 aromatic rings. The zero-order valence-electron chi connectivity index (χ0n) is 8.26. The number of rotatable bonds is 2. The minimum Gasteiger partial charge on any atom is -0.423 e. The number of carbonyl (C=O) groups excluding carboxylic acids is 1. The van der Waals surface area contributed by atoms with Gasteiger partial charge >= 0.3 is 5.97 Å². The van der Waals surface area contributed by atoms with Crippen LogP contribution in [0.4, 0.5) is 0 Å². The molecule has 0 radical (unpaired) electrons. The van der Waals surface area contributed by atoms with Gasteiger partial charge in [-0.1, -0.05) is 29.8 Å². The zero-order valence-corrected chi connectivity index (χ0v) is 9.02. The second kappa shape index (κ2) is 4.77. The maximum Gasteiger partial charge on any atom is 0.345 e. The van der Waals surface area contributed by atoms with Gasteiger partial charge in [-0.15, -0.1) is 0 Å². The number of hydrogen-bond acceptors (Lipinski definition) is 3. The second-order valence-corrected chi connectivity index (χ2v) is 3.53. The summed E-state index contributed by atoms with van der Waals surface area (Å²) in [4.78, 5) is 15.5. The molecule has 1 aromatic carbocycles. The fourth-order valence-corrected chi connectivity index (χ4v) is 1.35. The van der Waals surface area contributed by atoms with Gasteiger partial charge in [0.1, 0.15) is 5.75 Å². The van der Waals surface area contributed by atoms with Crippen molar-refractivity contribution in [2.75, 3.05) is 0 Å². The average Bonchev–Trinajstić information content (AvgIpc) is 2.30. The quantitative estimate of drug-likeness (QED) is 0.591. The Labute approximate surface area is 97.7 Å². The van der Waals surface area contributed by atoms with Crippen LogP contribution in [0.1, 0.15) is 10.4 Å². The number of benzene rings is 1. The van der Waals surface area contributed by atoms with E-state index in [0.29, 0.717) is 16.3 Å². The maximum atomic E-state index is 11.6. The predicted molar refractivity (Wildman–Crippen MR) is 60.6 cm³/mol. The Morgan fingerprint density at radius 3 is 2.62 bits per heavy atom. The molecule has 0 saturated heterocycles. The first-order valence-electron chi connectivity index (χ1n) is 4.63. The second-order valence-electron chi connectivity index (χ2n) is 3.09. The van der Waals surface area contributed by atoms with E-state index in [0.717, 1.165) is 0 Å². The fraction of sp³-hybridized carbons (Fsp3) is 0. The molecule has 0 aliphatic heterocycles. The molecule has 0 atom stereocenters. The van der Waals surface area contributed by atoms with Crippen molar-refractivity contribution in [3.63, 3.8) is 0 Å². The van der Waals surface area contributed by atoms with Crippen LogP contribution in [0.3, 0.4) is 0 Å². The molecule has 0 N–H and O–H groups in total. The molecular formula is C12H8ClNO2. The van der Waals surface area contributed by atoms with Crippen LogP contribution in [-0.2, 0) is 0 Å². The maximum absolute atomic E-state index is 11.6. The van der Waals surface area contributed by atoms with E-state index in [4.69, 9.17) is 16.3 Å². The summed E-state index contributed by atoms with van der Waals surface area (Å²) in [6.07, 6.45) is 2.87. The van der Waals surface area contributed by atoms with Crippen molar-refractivity contribution in [2.24, 2.45) is 0 Å². The van der Waals surface area contributed by atoms with Crippen molar-refractivity contribution < 1.29 is 9.53 Å². The van der Waals surface area contributed by atoms with Gasteiger partial charge in [-0.2, -0.15) is 0 Å². The van der Waals surface area contributed by atoms with Crippen LogP contribution in [0.15, 0.2) is 48.8 Å². The zero-order chi connectivity index (χ0) is 11.4. The van der Waals surface area contributed by atoms with E-state index in [1.165, 1.54) is 18.5 Å². The first kappa shape index (κ1) is 10.6. The van der Waals surface area contributed by atoms with Gasteiger partial charge in [-0.05, 0) is 18.2 Å². The van der Waals surface area contributed by atoms with E-state index in [2.05, 4.69) is 4.98 Å². The van der Waals surface area contributed by atoms with E-state index in [1.807, 2.05) is 6.07 Å². The van der Waals surface area contributed by atoms with Crippen LogP contribution in [0.2, 0.25) is 5.02 Å². The minimum absolute atomic E-state index is 0.330. The largest absolute Gasteiger partial charge is 0.423 e. The highest BCUT2D eigenvalue weighted by atomic mass is 35.5. The molecule has 0 bridgehead atoms. The number of aromatic nitrogens is 1. The van der Waals surface area contributed by atoms with E-state index in [9.17, 15) is 4.79 Å². The molecule has 0 spiro atoms. The number of pyridine rings is 1. The van der Waals surface area contributed by atoms with Gasteiger partial charge in [-0.3, -0.25) is 4.98 Å². The first-order chi connectivity index (χ1) is 7.75. The van der Waals surface area contributed by atoms with Crippen LogP contribution in [0.25, 0.3) is 0 Å². The van der Waals surface area contributed by atoms with E-state index >= 15 is 0 Å². The monoisotopic (exact) mass is 233 g/mol. The highest BCUT2D eigenvalue weighted by molar-refractivity contribution is 6.30. The van der Waals surface area contributed by atoms with Gasteiger partial charge in [0.15, 0.2) is 0 Å². The Bertz CT molecular complexity index is 499. The molecule has 4 heteroatoms. The van der Waals surface area contributed by atoms with Gasteiger partial charge in [0.25, 0.3) is 0 Å². The number of esters is 1. The highest BCUT2D eigenvalue weighted by Crippen LogP contribution is 2.13. The standard InChI is InChI=1S/C12H8ClNO2/c13-10-6-9(7-14-8-10)12(15)16-11-4-2-1-3-5-11/h1-8H. The highest BCUT2D eigenvalue weighted by Gasteiger charge is 2.08. The Hall–Kier alpha value is -1.87. The van der Waals surface area contributed by atoms with Crippen molar-refractivity contribution in [3.8, 4) is 5.75 Å². The summed E-state index contributed by atoms with van der Waals surface area (Å²) in [5, 5.41) is 0.405. The van der Waals surface area contributed by atoms with E-state index in [-0.39, 0.29) is 0 Å². The summed E-state index contributed by atoms with van der Waals surface area (Å²) in [6, 6.07) is 10.3. The van der Waals surface area contributed by atoms with Crippen LogP contribution in [0, 0.1) is 0 Å². The summed E-state index contributed by atoms with van der Waals surface area (Å²) in [7, 11) is 0. The molecule has 16 heavy (non-hydrogen) atoms. The van der Waals surface area contributed by atoms with Crippen molar-refractivity contribution in [2.45, 2.75) is 0 Å². The van der Waals surface area contributed by atoms with E-state index in [1.54, 1.807) is 24.3 Å². The molecule has 3 nitrogen and oxygen atoms in total. The minimum atomic E-state index is -0.471. The third-order valence-corrected chi connectivity index (χ3v) is 2.10. The van der Waals surface area contributed by atoms with Crippen LogP contribution < -0.4 is 4.74 Å². The lowest BCUT2D eigenvalue weighted by Gasteiger charge is -2.03. The Balaban J connectivity index is 2.15. The van der Waals surface area contributed by atoms with Crippen molar-refractivity contribution >= 4 is 17.6 Å². The summed E-state index contributed by atoms with van der Waals surface area (Å²) < 4.78 is 5.12.